The number of imidazole rings is 1. The molecule has 1 aromatic carbocycles. The van der Waals surface area contributed by atoms with Crippen molar-refractivity contribution >= 4 is 17.0 Å². The Morgan fingerprint density at radius 2 is 2.37 bits per heavy atom. The molecule has 1 atom stereocenters. The number of nitrogen functional groups attached to an aromatic ring is 1. The zero-order chi connectivity index (χ0) is 13.2. The molecule has 2 N–H and O–H groups in total. The van der Waals surface area contributed by atoms with Crippen LogP contribution >= 0.6 is 0 Å². The zero-order valence-electron chi connectivity index (χ0n) is 11.1. The number of hydrogen-bond donors (Lipinski definition) is 1. The van der Waals surface area contributed by atoms with Gasteiger partial charge in [0.2, 0.25) is 5.95 Å². The molecule has 2 aromatic rings. The molecule has 1 saturated heterocycles. The molecule has 3 rings (SSSR count). The smallest absolute Gasteiger partial charge is 0.201 e. The third kappa shape index (κ3) is 2.26. The van der Waals surface area contributed by atoms with Gasteiger partial charge in [-0.1, -0.05) is 6.07 Å². The van der Waals surface area contributed by atoms with Gasteiger partial charge in [0, 0.05) is 6.61 Å². The van der Waals surface area contributed by atoms with Gasteiger partial charge >= 0.3 is 0 Å². The van der Waals surface area contributed by atoms with E-state index < -0.39 is 0 Å². The van der Waals surface area contributed by atoms with Crippen molar-refractivity contribution in [2.24, 2.45) is 0 Å². The summed E-state index contributed by atoms with van der Waals surface area (Å²) in [5.41, 5.74) is 7.86. The Morgan fingerprint density at radius 1 is 1.47 bits per heavy atom. The lowest BCUT2D eigenvalue weighted by Gasteiger charge is -2.23. The molecule has 5 nitrogen and oxygen atoms in total. The third-order valence-corrected chi connectivity index (χ3v) is 3.65. The fourth-order valence-electron chi connectivity index (χ4n) is 2.65. The topological polar surface area (TPSA) is 62.3 Å². The summed E-state index contributed by atoms with van der Waals surface area (Å²) in [5, 5.41) is 0. The lowest BCUT2D eigenvalue weighted by molar-refractivity contribution is 0.00694. The second-order valence-corrected chi connectivity index (χ2v) is 4.90. The van der Waals surface area contributed by atoms with Crippen LogP contribution in [-0.2, 0) is 11.3 Å². The Balaban J connectivity index is 1.96. The monoisotopic (exact) mass is 261 g/mol. The summed E-state index contributed by atoms with van der Waals surface area (Å²) >= 11 is 0. The normalized spacial score (nSPS) is 19.7. The molecular weight excluding hydrogens is 242 g/mol. The molecule has 102 valence electrons. The maximum Gasteiger partial charge on any atom is 0.201 e. The largest absolute Gasteiger partial charge is 0.494 e. The summed E-state index contributed by atoms with van der Waals surface area (Å²) in [6, 6.07) is 5.88. The average Bonchev–Trinajstić information content (AvgIpc) is 2.76. The lowest BCUT2D eigenvalue weighted by Crippen LogP contribution is -2.25. The second-order valence-electron chi connectivity index (χ2n) is 4.90. The molecule has 1 unspecified atom stereocenters. The molecule has 0 bridgehead atoms. The van der Waals surface area contributed by atoms with Crippen LogP contribution < -0.4 is 10.5 Å². The van der Waals surface area contributed by atoms with E-state index in [-0.39, 0.29) is 6.10 Å². The van der Waals surface area contributed by atoms with Crippen molar-refractivity contribution in [2.45, 2.75) is 31.9 Å². The van der Waals surface area contributed by atoms with Crippen molar-refractivity contribution in [3.05, 3.63) is 18.2 Å². The summed E-state index contributed by atoms with van der Waals surface area (Å²) in [7, 11) is 1.65. The van der Waals surface area contributed by atoms with Crippen molar-refractivity contribution in [3.63, 3.8) is 0 Å². The molecular formula is C14H19N3O2. The average molecular weight is 261 g/mol. The molecule has 19 heavy (non-hydrogen) atoms. The van der Waals surface area contributed by atoms with Crippen LogP contribution in [0, 0.1) is 0 Å². The summed E-state index contributed by atoms with van der Waals surface area (Å²) in [6.45, 7) is 1.61. The van der Waals surface area contributed by atoms with Crippen LogP contribution in [0.3, 0.4) is 0 Å². The Hall–Kier alpha value is -1.75. The van der Waals surface area contributed by atoms with E-state index in [1.165, 1.54) is 6.42 Å². The molecule has 0 saturated carbocycles. The minimum absolute atomic E-state index is 0.236. The highest BCUT2D eigenvalue weighted by Crippen LogP contribution is 2.28. The highest BCUT2D eigenvalue weighted by atomic mass is 16.5. The molecule has 1 aromatic heterocycles. The van der Waals surface area contributed by atoms with E-state index in [4.69, 9.17) is 15.2 Å². The molecule has 2 heterocycles. The molecule has 1 aliphatic heterocycles. The minimum atomic E-state index is 0.236. The number of nitrogens with zero attached hydrogens (tertiary/aromatic N) is 2. The second kappa shape index (κ2) is 5.09. The van der Waals surface area contributed by atoms with E-state index in [0.29, 0.717) is 5.95 Å². The molecule has 0 radical (unpaired) electrons. The quantitative estimate of drug-likeness (QED) is 0.920. The van der Waals surface area contributed by atoms with Crippen LogP contribution in [0.2, 0.25) is 0 Å². The molecule has 0 spiro atoms. The predicted octanol–water partition coefficient (Wildman–Crippen LogP) is 2.20. The third-order valence-electron chi connectivity index (χ3n) is 3.65. The number of fused-ring (bicyclic) bond motifs is 1. The molecule has 0 aliphatic carbocycles. The zero-order valence-corrected chi connectivity index (χ0v) is 11.1. The van der Waals surface area contributed by atoms with Crippen LogP contribution in [0.15, 0.2) is 18.2 Å². The number of benzene rings is 1. The highest BCUT2D eigenvalue weighted by Gasteiger charge is 2.18. The summed E-state index contributed by atoms with van der Waals surface area (Å²) in [6.07, 6.45) is 3.70. The maximum atomic E-state index is 6.03. The van der Waals surface area contributed by atoms with Crippen LogP contribution in [0.4, 0.5) is 5.95 Å². The van der Waals surface area contributed by atoms with E-state index >= 15 is 0 Å². The minimum Gasteiger partial charge on any atom is -0.494 e. The van der Waals surface area contributed by atoms with E-state index in [9.17, 15) is 0 Å². The van der Waals surface area contributed by atoms with Gasteiger partial charge in [-0.25, -0.2) is 4.98 Å². The van der Waals surface area contributed by atoms with Crippen molar-refractivity contribution in [3.8, 4) is 5.75 Å². The maximum absolute atomic E-state index is 6.03. The number of methoxy groups -OCH3 is 1. The van der Waals surface area contributed by atoms with Gasteiger partial charge in [0.15, 0.2) is 0 Å². The van der Waals surface area contributed by atoms with Crippen LogP contribution in [0.1, 0.15) is 19.3 Å². The number of para-hydroxylation sites is 1. The number of rotatable bonds is 3. The Kier molecular flexibility index (Phi) is 3.29. The van der Waals surface area contributed by atoms with E-state index in [1.54, 1.807) is 7.11 Å². The van der Waals surface area contributed by atoms with Crippen molar-refractivity contribution in [2.75, 3.05) is 19.5 Å². The SMILES string of the molecule is COc1cccc2c1nc(N)n2CC1CCCCO1. The van der Waals surface area contributed by atoms with Gasteiger partial charge in [0.05, 0.1) is 25.3 Å². The summed E-state index contributed by atoms with van der Waals surface area (Å²) in [5.74, 6) is 1.28. The number of ether oxygens (including phenoxy) is 2. The van der Waals surface area contributed by atoms with Gasteiger partial charge in [-0.05, 0) is 31.4 Å². The highest BCUT2D eigenvalue weighted by molar-refractivity contribution is 5.84. The van der Waals surface area contributed by atoms with Gasteiger partial charge in [-0.3, -0.25) is 0 Å². The standard InChI is InChI=1S/C14H19N3O2/c1-18-12-7-4-6-11-13(12)16-14(15)17(11)9-10-5-2-3-8-19-10/h4,6-7,10H,2-3,5,8-9H2,1H3,(H2,15,16). The lowest BCUT2D eigenvalue weighted by atomic mass is 10.1. The summed E-state index contributed by atoms with van der Waals surface area (Å²) in [4.78, 5) is 4.41. The van der Waals surface area contributed by atoms with Gasteiger partial charge in [-0.2, -0.15) is 0 Å². The Bertz CT molecular complexity index is 573. The van der Waals surface area contributed by atoms with E-state index in [2.05, 4.69) is 4.98 Å². The number of nitrogens with two attached hydrogens (primary N) is 1. The molecule has 1 fully saturated rings. The Morgan fingerprint density at radius 3 is 3.11 bits per heavy atom. The van der Waals surface area contributed by atoms with E-state index in [0.717, 1.165) is 42.8 Å². The number of hydrogen-bond acceptors (Lipinski definition) is 4. The van der Waals surface area contributed by atoms with Crippen LogP contribution in [-0.4, -0.2) is 29.4 Å². The Labute approximate surface area is 112 Å². The fraction of sp³-hybridized carbons (Fsp3) is 0.500. The molecule has 1 aliphatic rings. The number of anilines is 1. The fourth-order valence-corrected chi connectivity index (χ4v) is 2.65. The van der Waals surface area contributed by atoms with Gasteiger partial charge in [0.25, 0.3) is 0 Å². The molecule has 0 amide bonds. The van der Waals surface area contributed by atoms with Crippen LogP contribution in [0.25, 0.3) is 11.0 Å². The number of aromatic nitrogens is 2. The van der Waals surface area contributed by atoms with E-state index in [1.807, 2.05) is 22.8 Å². The summed E-state index contributed by atoms with van der Waals surface area (Å²) < 4.78 is 13.1. The van der Waals surface area contributed by atoms with Gasteiger partial charge in [0.1, 0.15) is 11.3 Å². The van der Waals surface area contributed by atoms with Crippen molar-refractivity contribution in [1.29, 1.82) is 0 Å². The first-order valence-corrected chi connectivity index (χ1v) is 6.70. The molecule has 5 heteroatoms. The van der Waals surface area contributed by atoms with Crippen molar-refractivity contribution < 1.29 is 9.47 Å². The predicted molar refractivity (Wildman–Crippen MR) is 74.3 cm³/mol. The van der Waals surface area contributed by atoms with Gasteiger partial charge in [-0.15, -0.1) is 0 Å². The van der Waals surface area contributed by atoms with Crippen molar-refractivity contribution in [1.82, 2.24) is 9.55 Å². The first-order chi connectivity index (χ1) is 9.29. The first-order valence-electron chi connectivity index (χ1n) is 6.70. The first kappa shape index (κ1) is 12.3. The van der Waals surface area contributed by atoms with Crippen LogP contribution in [0.5, 0.6) is 5.75 Å². The van der Waals surface area contributed by atoms with Gasteiger partial charge < -0.3 is 19.8 Å².